The molecule has 0 aliphatic carbocycles. The molecule has 1 aromatic carbocycles. The van der Waals surface area contributed by atoms with E-state index in [4.69, 9.17) is 4.74 Å². The zero-order valence-electron chi connectivity index (χ0n) is 10.8. The molecule has 1 heterocycles. The molecule has 0 amide bonds. The summed E-state index contributed by atoms with van der Waals surface area (Å²) in [4.78, 5) is 0. The van der Waals surface area contributed by atoms with Crippen LogP contribution in [0.25, 0.3) is 0 Å². The first-order valence-electron chi connectivity index (χ1n) is 6.57. The number of nitrogens with one attached hydrogen (secondary N) is 1. The molecule has 1 aliphatic heterocycles. The van der Waals surface area contributed by atoms with Gasteiger partial charge < -0.3 is 14.8 Å². The number of ether oxygens (including phenoxy) is 2. The Hall–Kier alpha value is -1.20. The third-order valence-electron chi connectivity index (χ3n) is 3.28. The molecule has 5 heteroatoms. The van der Waals surface area contributed by atoms with E-state index in [1.54, 1.807) is 18.2 Å². The van der Waals surface area contributed by atoms with Crippen molar-refractivity contribution in [2.45, 2.75) is 26.0 Å². The van der Waals surface area contributed by atoms with Crippen molar-refractivity contribution in [1.29, 1.82) is 0 Å². The highest BCUT2D eigenvalue weighted by Crippen LogP contribution is 2.20. The van der Waals surface area contributed by atoms with Crippen LogP contribution in [0.15, 0.2) is 24.3 Å². The fourth-order valence-corrected chi connectivity index (χ4v) is 2.22. The van der Waals surface area contributed by atoms with Crippen molar-refractivity contribution in [3.63, 3.8) is 0 Å². The monoisotopic (exact) mass is 271 g/mol. The lowest BCUT2D eigenvalue weighted by molar-refractivity contribution is -0.0505. The van der Waals surface area contributed by atoms with Crippen molar-refractivity contribution in [2.24, 2.45) is 5.92 Å². The highest BCUT2D eigenvalue weighted by Gasteiger charge is 2.14. The summed E-state index contributed by atoms with van der Waals surface area (Å²) in [6.07, 6.45) is 2.12. The summed E-state index contributed by atoms with van der Waals surface area (Å²) in [5.74, 6) is 0.855. The van der Waals surface area contributed by atoms with E-state index in [0.717, 1.165) is 38.2 Å². The third-order valence-corrected chi connectivity index (χ3v) is 3.28. The molecule has 1 aliphatic rings. The fraction of sp³-hybridized carbons (Fsp3) is 0.571. The van der Waals surface area contributed by atoms with Gasteiger partial charge in [-0.3, -0.25) is 0 Å². The van der Waals surface area contributed by atoms with Crippen LogP contribution in [0.1, 0.15) is 18.4 Å². The molecule has 19 heavy (non-hydrogen) atoms. The molecule has 0 unspecified atom stereocenters. The highest BCUT2D eigenvalue weighted by atomic mass is 19.3. The average molecular weight is 271 g/mol. The lowest BCUT2D eigenvalue weighted by Gasteiger charge is -2.22. The molecular weight excluding hydrogens is 252 g/mol. The van der Waals surface area contributed by atoms with Gasteiger partial charge in [-0.15, -0.1) is 0 Å². The quantitative estimate of drug-likeness (QED) is 0.863. The summed E-state index contributed by atoms with van der Waals surface area (Å²) < 4.78 is 34.3. The summed E-state index contributed by atoms with van der Waals surface area (Å²) in [7, 11) is 0. The van der Waals surface area contributed by atoms with Gasteiger partial charge in [-0.05, 0) is 31.4 Å². The van der Waals surface area contributed by atoms with Gasteiger partial charge in [0.25, 0.3) is 0 Å². The first-order chi connectivity index (χ1) is 9.25. The summed E-state index contributed by atoms with van der Waals surface area (Å²) >= 11 is 0. The van der Waals surface area contributed by atoms with Crippen molar-refractivity contribution in [2.75, 3.05) is 19.8 Å². The molecule has 0 atom stereocenters. The van der Waals surface area contributed by atoms with Crippen LogP contribution in [0.5, 0.6) is 5.75 Å². The van der Waals surface area contributed by atoms with E-state index in [1.165, 1.54) is 0 Å². The van der Waals surface area contributed by atoms with Gasteiger partial charge in [0.2, 0.25) is 0 Å². The molecule has 0 bridgehead atoms. The van der Waals surface area contributed by atoms with Crippen LogP contribution in [0.2, 0.25) is 0 Å². The van der Waals surface area contributed by atoms with Gasteiger partial charge in [0.15, 0.2) is 0 Å². The van der Waals surface area contributed by atoms with Crippen LogP contribution < -0.4 is 10.1 Å². The second-order valence-electron chi connectivity index (χ2n) is 4.67. The lowest BCUT2D eigenvalue weighted by atomic mass is 10.0. The maximum atomic E-state index is 12.3. The van der Waals surface area contributed by atoms with E-state index in [0.29, 0.717) is 12.5 Å². The first-order valence-corrected chi connectivity index (χ1v) is 6.57. The van der Waals surface area contributed by atoms with Gasteiger partial charge in [0.1, 0.15) is 5.75 Å². The number of hydrogen-bond acceptors (Lipinski definition) is 3. The number of halogens is 2. The Bertz CT molecular complexity index is 381. The number of hydrogen-bond donors (Lipinski definition) is 1. The minimum atomic E-state index is -2.78. The molecule has 2 rings (SSSR count). The minimum absolute atomic E-state index is 0.247. The Morgan fingerprint density at radius 1 is 1.26 bits per heavy atom. The third kappa shape index (κ3) is 4.76. The Morgan fingerprint density at radius 3 is 2.74 bits per heavy atom. The Labute approximate surface area is 111 Å². The van der Waals surface area contributed by atoms with Crippen LogP contribution in [0, 0.1) is 5.92 Å². The fourth-order valence-electron chi connectivity index (χ4n) is 2.22. The zero-order chi connectivity index (χ0) is 13.5. The summed E-state index contributed by atoms with van der Waals surface area (Å²) in [6.45, 7) is 0.276. The Kier molecular flexibility index (Phi) is 5.54. The van der Waals surface area contributed by atoms with Gasteiger partial charge in [0, 0.05) is 25.3 Å². The van der Waals surface area contributed by atoms with E-state index < -0.39 is 6.61 Å². The van der Waals surface area contributed by atoms with Crippen molar-refractivity contribution in [1.82, 2.24) is 5.32 Å². The normalized spacial score (nSPS) is 16.8. The Balaban J connectivity index is 1.81. The van der Waals surface area contributed by atoms with Gasteiger partial charge >= 0.3 is 6.61 Å². The SMILES string of the molecule is FC(F)Oc1ccccc1CNCC1CCOCC1. The second kappa shape index (κ2) is 7.40. The highest BCUT2D eigenvalue weighted by molar-refractivity contribution is 5.33. The average Bonchev–Trinajstić information content (AvgIpc) is 2.41. The van der Waals surface area contributed by atoms with Crippen LogP contribution in [0.3, 0.4) is 0 Å². The molecule has 1 N–H and O–H groups in total. The van der Waals surface area contributed by atoms with Crippen LogP contribution in [-0.4, -0.2) is 26.4 Å². The van der Waals surface area contributed by atoms with E-state index in [9.17, 15) is 8.78 Å². The van der Waals surface area contributed by atoms with Crippen LogP contribution in [0.4, 0.5) is 8.78 Å². The molecule has 1 saturated heterocycles. The number of para-hydroxylation sites is 1. The largest absolute Gasteiger partial charge is 0.434 e. The second-order valence-corrected chi connectivity index (χ2v) is 4.67. The minimum Gasteiger partial charge on any atom is -0.434 e. The molecule has 0 radical (unpaired) electrons. The molecule has 3 nitrogen and oxygen atoms in total. The topological polar surface area (TPSA) is 30.5 Å². The predicted octanol–water partition coefficient (Wildman–Crippen LogP) is 2.80. The van der Waals surface area contributed by atoms with E-state index >= 15 is 0 Å². The van der Waals surface area contributed by atoms with E-state index in [1.807, 2.05) is 6.07 Å². The number of rotatable bonds is 6. The molecule has 1 aromatic rings. The first kappa shape index (κ1) is 14.2. The molecular formula is C14H19F2NO2. The molecule has 1 fully saturated rings. The van der Waals surface area contributed by atoms with Gasteiger partial charge in [-0.25, -0.2) is 0 Å². The van der Waals surface area contributed by atoms with Crippen molar-refractivity contribution >= 4 is 0 Å². The van der Waals surface area contributed by atoms with Gasteiger partial charge in [-0.2, -0.15) is 8.78 Å². The Morgan fingerprint density at radius 2 is 2.00 bits per heavy atom. The number of alkyl halides is 2. The molecule has 0 spiro atoms. The van der Waals surface area contributed by atoms with Gasteiger partial charge in [0.05, 0.1) is 0 Å². The molecule has 106 valence electrons. The van der Waals surface area contributed by atoms with Crippen LogP contribution >= 0.6 is 0 Å². The smallest absolute Gasteiger partial charge is 0.387 e. The van der Waals surface area contributed by atoms with Crippen molar-refractivity contribution < 1.29 is 18.3 Å². The number of benzene rings is 1. The zero-order valence-corrected chi connectivity index (χ0v) is 10.8. The maximum absolute atomic E-state index is 12.3. The van der Waals surface area contributed by atoms with Crippen molar-refractivity contribution in [3.8, 4) is 5.75 Å². The van der Waals surface area contributed by atoms with Gasteiger partial charge in [-0.1, -0.05) is 18.2 Å². The molecule has 0 saturated carbocycles. The predicted molar refractivity (Wildman–Crippen MR) is 68.3 cm³/mol. The lowest BCUT2D eigenvalue weighted by Crippen LogP contribution is -2.27. The van der Waals surface area contributed by atoms with Crippen LogP contribution in [-0.2, 0) is 11.3 Å². The maximum Gasteiger partial charge on any atom is 0.387 e. The summed E-state index contributed by atoms with van der Waals surface area (Å²) in [5.41, 5.74) is 0.759. The molecule has 0 aromatic heterocycles. The van der Waals surface area contributed by atoms with E-state index in [2.05, 4.69) is 10.1 Å². The summed E-state index contributed by atoms with van der Waals surface area (Å²) in [6, 6.07) is 6.88. The standard InChI is InChI=1S/C14H19F2NO2/c15-14(16)19-13-4-2-1-3-12(13)10-17-9-11-5-7-18-8-6-11/h1-4,11,14,17H,5-10H2. The van der Waals surface area contributed by atoms with Crippen molar-refractivity contribution in [3.05, 3.63) is 29.8 Å². The summed E-state index contributed by atoms with van der Waals surface area (Å²) in [5, 5.41) is 3.30. The van der Waals surface area contributed by atoms with E-state index in [-0.39, 0.29) is 5.75 Å².